The summed E-state index contributed by atoms with van der Waals surface area (Å²) in [7, 11) is 0. The molecule has 4 rings (SSSR count). The molecule has 2 heterocycles. The number of benzene rings is 2. The third-order valence-corrected chi connectivity index (χ3v) is 5.89. The van der Waals surface area contributed by atoms with Gasteiger partial charge in [0, 0.05) is 22.0 Å². The van der Waals surface area contributed by atoms with Gasteiger partial charge in [-0.1, -0.05) is 61.0 Å². The molecular weight excluding hydrogens is 416 g/mol. The first-order valence-corrected chi connectivity index (χ1v) is 10.9. The molecule has 5 nitrogen and oxygen atoms in total. The zero-order valence-electron chi connectivity index (χ0n) is 16.7. The van der Waals surface area contributed by atoms with Crippen LogP contribution >= 0.6 is 22.9 Å². The number of nitrogens with zero attached hydrogens (tertiary/aromatic N) is 3. The zero-order chi connectivity index (χ0) is 21.1. The van der Waals surface area contributed by atoms with Crippen LogP contribution in [0.3, 0.4) is 0 Å². The van der Waals surface area contributed by atoms with E-state index in [0.717, 1.165) is 22.5 Å². The zero-order valence-corrected chi connectivity index (χ0v) is 18.2. The molecule has 0 saturated carbocycles. The van der Waals surface area contributed by atoms with Crippen LogP contribution in [0.2, 0.25) is 5.02 Å². The quantitative estimate of drug-likeness (QED) is 0.397. The molecule has 4 aromatic rings. The molecule has 1 unspecified atom stereocenters. The summed E-state index contributed by atoms with van der Waals surface area (Å²) in [6, 6.07) is 19.2. The topological polar surface area (TPSA) is 59.8 Å². The summed E-state index contributed by atoms with van der Waals surface area (Å²) in [5.74, 6) is 0.332. The van der Waals surface area contributed by atoms with Crippen molar-refractivity contribution in [3.05, 3.63) is 82.3 Å². The normalized spacial score (nSPS) is 12.0. The lowest BCUT2D eigenvalue weighted by Gasteiger charge is -2.15. The number of hydrogen-bond donors (Lipinski definition) is 1. The summed E-state index contributed by atoms with van der Waals surface area (Å²) in [4.78, 5) is 17.7. The molecule has 0 radical (unpaired) electrons. The van der Waals surface area contributed by atoms with Gasteiger partial charge in [-0.25, -0.2) is 4.98 Å². The minimum Gasteiger partial charge on any atom is -0.310 e. The third kappa shape index (κ3) is 4.30. The molecule has 1 N–H and O–H groups in total. The van der Waals surface area contributed by atoms with Gasteiger partial charge in [0.05, 0.1) is 17.3 Å². The summed E-state index contributed by atoms with van der Waals surface area (Å²) in [5, 5.41) is 10.9. The first kappa shape index (κ1) is 20.3. The second-order valence-electron chi connectivity index (χ2n) is 6.97. The molecule has 2 aromatic carbocycles. The maximum absolute atomic E-state index is 13.0. The summed E-state index contributed by atoms with van der Waals surface area (Å²) < 4.78 is 1.69. The molecule has 0 bridgehead atoms. The molecule has 0 saturated heterocycles. The number of aromatic nitrogens is 3. The Labute approximate surface area is 184 Å². The maximum Gasteiger partial charge on any atom is 0.233 e. The van der Waals surface area contributed by atoms with E-state index >= 15 is 0 Å². The van der Waals surface area contributed by atoms with Crippen LogP contribution in [0.25, 0.3) is 16.4 Å². The lowest BCUT2D eigenvalue weighted by atomic mass is 9.96. The molecule has 0 aliphatic rings. The van der Waals surface area contributed by atoms with E-state index in [0.29, 0.717) is 22.4 Å². The standard InChI is InChI=1S/C23H21ClN4OS/c1-3-19(16-7-5-4-6-8-16)22(29)26-21-13-15(2)27-28(21)23-25-20(14-30-23)17-9-11-18(24)12-10-17/h4-14,19H,3H2,1-2H3,(H,26,29). The second kappa shape index (κ2) is 8.81. The van der Waals surface area contributed by atoms with Crippen LogP contribution in [0.5, 0.6) is 0 Å². The molecule has 1 amide bonds. The molecule has 0 spiro atoms. The Kier molecular flexibility index (Phi) is 5.97. The first-order valence-electron chi connectivity index (χ1n) is 9.69. The van der Waals surface area contributed by atoms with Crippen molar-refractivity contribution in [2.45, 2.75) is 26.2 Å². The Morgan fingerprint density at radius 3 is 2.60 bits per heavy atom. The number of nitrogens with one attached hydrogen (secondary N) is 1. The highest BCUT2D eigenvalue weighted by Gasteiger charge is 2.21. The fraction of sp³-hybridized carbons (Fsp3) is 0.174. The van der Waals surface area contributed by atoms with E-state index in [9.17, 15) is 4.79 Å². The van der Waals surface area contributed by atoms with E-state index in [1.54, 1.807) is 4.68 Å². The van der Waals surface area contributed by atoms with Crippen molar-refractivity contribution >= 4 is 34.7 Å². The molecular formula is C23H21ClN4OS. The van der Waals surface area contributed by atoms with Gasteiger partial charge in [-0.15, -0.1) is 11.3 Å². The van der Waals surface area contributed by atoms with Crippen molar-refractivity contribution in [2.75, 3.05) is 5.32 Å². The number of rotatable bonds is 6. The Morgan fingerprint density at radius 1 is 1.17 bits per heavy atom. The lowest BCUT2D eigenvalue weighted by molar-refractivity contribution is -0.117. The highest BCUT2D eigenvalue weighted by molar-refractivity contribution is 7.12. The van der Waals surface area contributed by atoms with E-state index in [4.69, 9.17) is 16.6 Å². The minimum atomic E-state index is -0.226. The number of amides is 1. The van der Waals surface area contributed by atoms with E-state index < -0.39 is 0 Å². The first-order chi connectivity index (χ1) is 14.5. The van der Waals surface area contributed by atoms with E-state index in [-0.39, 0.29) is 11.8 Å². The minimum absolute atomic E-state index is 0.0562. The number of halogens is 1. The Hall–Kier alpha value is -2.96. The molecule has 1 atom stereocenters. The van der Waals surface area contributed by atoms with Gasteiger partial charge in [0.15, 0.2) is 0 Å². The maximum atomic E-state index is 13.0. The molecule has 2 aromatic heterocycles. The summed E-state index contributed by atoms with van der Waals surface area (Å²) in [5.41, 5.74) is 3.63. The van der Waals surface area contributed by atoms with Crippen LogP contribution in [-0.2, 0) is 4.79 Å². The molecule has 0 aliphatic carbocycles. The summed E-state index contributed by atoms with van der Waals surface area (Å²) >= 11 is 7.45. The Morgan fingerprint density at radius 2 is 1.90 bits per heavy atom. The summed E-state index contributed by atoms with van der Waals surface area (Å²) in [6.45, 7) is 3.91. The van der Waals surface area contributed by atoms with Crippen LogP contribution in [-0.4, -0.2) is 20.7 Å². The van der Waals surface area contributed by atoms with Crippen molar-refractivity contribution < 1.29 is 4.79 Å². The van der Waals surface area contributed by atoms with E-state index in [1.165, 1.54) is 11.3 Å². The van der Waals surface area contributed by atoms with Gasteiger partial charge in [0.2, 0.25) is 11.0 Å². The molecule has 0 fully saturated rings. The van der Waals surface area contributed by atoms with Gasteiger partial charge in [-0.3, -0.25) is 4.79 Å². The number of thiazole rings is 1. The van der Waals surface area contributed by atoms with Gasteiger partial charge < -0.3 is 5.32 Å². The summed E-state index contributed by atoms with van der Waals surface area (Å²) in [6.07, 6.45) is 0.709. The highest BCUT2D eigenvalue weighted by atomic mass is 35.5. The van der Waals surface area contributed by atoms with E-state index in [2.05, 4.69) is 10.4 Å². The smallest absolute Gasteiger partial charge is 0.233 e. The molecule has 152 valence electrons. The van der Waals surface area contributed by atoms with Crippen LogP contribution in [0.4, 0.5) is 5.82 Å². The van der Waals surface area contributed by atoms with Gasteiger partial charge in [0.1, 0.15) is 5.82 Å². The number of aryl methyl sites for hydroxylation is 1. The lowest BCUT2D eigenvalue weighted by Crippen LogP contribution is -2.22. The van der Waals surface area contributed by atoms with Crippen molar-refractivity contribution in [2.24, 2.45) is 0 Å². The van der Waals surface area contributed by atoms with E-state index in [1.807, 2.05) is 79.9 Å². The number of hydrogen-bond acceptors (Lipinski definition) is 4. The van der Waals surface area contributed by atoms with Crippen molar-refractivity contribution in [3.63, 3.8) is 0 Å². The molecule has 0 aliphatic heterocycles. The van der Waals surface area contributed by atoms with Crippen molar-refractivity contribution in [1.82, 2.24) is 14.8 Å². The second-order valence-corrected chi connectivity index (χ2v) is 8.24. The predicted octanol–water partition coefficient (Wildman–Crippen LogP) is 6.09. The van der Waals surface area contributed by atoms with Crippen molar-refractivity contribution in [3.8, 4) is 16.4 Å². The average molecular weight is 437 g/mol. The molecule has 30 heavy (non-hydrogen) atoms. The van der Waals surface area contributed by atoms with Crippen LogP contribution in [0.15, 0.2) is 66.0 Å². The highest BCUT2D eigenvalue weighted by Crippen LogP contribution is 2.28. The monoisotopic (exact) mass is 436 g/mol. The predicted molar refractivity (Wildman–Crippen MR) is 123 cm³/mol. The number of anilines is 1. The molecule has 7 heteroatoms. The van der Waals surface area contributed by atoms with Gasteiger partial charge >= 0.3 is 0 Å². The number of carbonyl (C=O) groups is 1. The SMILES string of the molecule is CCC(C(=O)Nc1cc(C)nn1-c1nc(-c2ccc(Cl)cc2)cs1)c1ccccc1. The Balaban J connectivity index is 1.60. The van der Waals surface area contributed by atoms with Crippen LogP contribution in [0, 0.1) is 6.92 Å². The fourth-order valence-corrected chi connectivity index (χ4v) is 4.24. The van der Waals surface area contributed by atoms with Gasteiger partial charge in [-0.05, 0) is 31.0 Å². The van der Waals surface area contributed by atoms with Gasteiger partial charge in [-0.2, -0.15) is 9.78 Å². The largest absolute Gasteiger partial charge is 0.310 e. The average Bonchev–Trinajstić information content (AvgIpc) is 3.36. The fourth-order valence-electron chi connectivity index (χ4n) is 3.32. The van der Waals surface area contributed by atoms with Gasteiger partial charge in [0.25, 0.3) is 0 Å². The van der Waals surface area contributed by atoms with Crippen LogP contribution in [0.1, 0.15) is 30.5 Å². The Bertz CT molecular complexity index is 1150. The van der Waals surface area contributed by atoms with Crippen molar-refractivity contribution in [1.29, 1.82) is 0 Å². The van der Waals surface area contributed by atoms with Crippen LogP contribution < -0.4 is 5.32 Å². The third-order valence-electron chi connectivity index (χ3n) is 4.82. The number of carbonyl (C=O) groups excluding carboxylic acids is 1.